The summed E-state index contributed by atoms with van der Waals surface area (Å²) in [6, 6.07) is 19.4. The van der Waals surface area contributed by atoms with Crippen molar-refractivity contribution in [2.75, 3.05) is 37.8 Å². The average molecular weight is 508 g/mol. The van der Waals surface area contributed by atoms with Gasteiger partial charge in [-0.3, -0.25) is 14.9 Å². The lowest BCUT2D eigenvalue weighted by atomic mass is 9.99. The molecule has 186 valence electrons. The summed E-state index contributed by atoms with van der Waals surface area (Å²) in [6.45, 7) is 0.842. The minimum Gasteiger partial charge on any atom is -0.354 e. The Kier molecular flexibility index (Phi) is 7.15. The molecule has 0 unspecified atom stereocenters. The van der Waals surface area contributed by atoms with Crippen LogP contribution in [0.5, 0.6) is 0 Å². The lowest BCUT2D eigenvalue weighted by Crippen LogP contribution is -2.31. The number of sulfonamides is 1. The molecule has 0 aromatic heterocycles. The highest BCUT2D eigenvalue weighted by Crippen LogP contribution is 2.39. The molecule has 0 bridgehead atoms. The number of fused-ring (bicyclic) bond motifs is 1. The van der Waals surface area contributed by atoms with Gasteiger partial charge in [0, 0.05) is 42.2 Å². The van der Waals surface area contributed by atoms with E-state index >= 15 is 0 Å². The molecule has 1 aliphatic heterocycles. The highest BCUT2D eigenvalue weighted by Gasteiger charge is 2.30. The van der Waals surface area contributed by atoms with Crippen molar-refractivity contribution in [3.05, 3.63) is 94.0 Å². The Hall–Kier alpha value is -4.06. The van der Waals surface area contributed by atoms with Crippen LogP contribution in [-0.4, -0.2) is 51.3 Å². The fraction of sp³-hybridized carbons (Fsp3) is 0.160. The molecule has 0 saturated heterocycles. The molecule has 1 heterocycles. The van der Waals surface area contributed by atoms with Gasteiger partial charge in [-0.15, -0.1) is 0 Å². The summed E-state index contributed by atoms with van der Waals surface area (Å²) >= 11 is 0. The molecule has 4 rings (SSSR count). The van der Waals surface area contributed by atoms with E-state index < -0.39 is 20.9 Å². The van der Waals surface area contributed by atoms with E-state index in [4.69, 9.17) is 0 Å². The maximum Gasteiger partial charge on any atom is 0.270 e. The number of carbonyl (C=O) groups excluding carboxylic acids is 1. The molecule has 0 atom stereocenters. The predicted octanol–water partition coefficient (Wildman–Crippen LogP) is 3.37. The first kappa shape index (κ1) is 25.0. The first-order valence-corrected chi connectivity index (χ1v) is 12.6. The second-order valence-corrected chi connectivity index (χ2v) is 10.2. The average Bonchev–Trinajstić information content (AvgIpc) is 3.17. The number of non-ortho nitro benzene ring substituents is 1. The summed E-state index contributed by atoms with van der Waals surface area (Å²) < 4.78 is 27.7. The van der Waals surface area contributed by atoms with Gasteiger partial charge >= 0.3 is 0 Å². The number of carbonyl (C=O) groups is 1. The Morgan fingerprint density at radius 1 is 1.03 bits per heavy atom. The van der Waals surface area contributed by atoms with E-state index in [1.807, 2.05) is 49.3 Å². The molecule has 0 fully saturated rings. The molecule has 3 N–H and O–H groups in total. The number of nitro benzene ring substituents is 1. The first-order chi connectivity index (χ1) is 17.2. The van der Waals surface area contributed by atoms with Crippen LogP contribution in [0.4, 0.5) is 17.1 Å². The molecule has 1 amide bonds. The molecule has 0 radical (unpaired) electrons. The summed E-state index contributed by atoms with van der Waals surface area (Å²) in [6.07, 6.45) is 0. The van der Waals surface area contributed by atoms with Gasteiger partial charge in [-0.25, -0.2) is 13.1 Å². The SMILES string of the molecule is CN(C)CCNS(=O)(=O)c1ccc(NC(=C2C(=O)Nc3ccc([N+](=O)[O-])cc32)c2ccccc2)cc1. The van der Waals surface area contributed by atoms with Crippen LogP contribution in [0.3, 0.4) is 0 Å². The van der Waals surface area contributed by atoms with Crippen LogP contribution in [0.2, 0.25) is 0 Å². The zero-order valence-corrected chi connectivity index (χ0v) is 20.5. The predicted molar refractivity (Wildman–Crippen MR) is 139 cm³/mol. The highest BCUT2D eigenvalue weighted by molar-refractivity contribution is 7.89. The van der Waals surface area contributed by atoms with E-state index in [1.165, 1.54) is 30.3 Å². The van der Waals surface area contributed by atoms with Crippen LogP contribution in [0, 0.1) is 10.1 Å². The summed E-state index contributed by atoms with van der Waals surface area (Å²) in [5, 5.41) is 17.3. The number of benzene rings is 3. The van der Waals surface area contributed by atoms with E-state index in [1.54, 1.807) is 12.1 Å². The van der Waals surface area contributed by atoms with E-state index in [0.717, 1.165) is 0 Å². The number of amides is 1. The number of anilines is 2. The Morgan fingerprint density at radius 3 is 2.36 bits per heavy atom. The van der Waals surface area contributed by atoms with Crippen LogP contribution in [0.15, 0.2) is 77.7 Å². The summed E-state index contributed by atoms with van der Waals surface area (Å²) in [5.74, 6) is -0.402. The van der Waals surface area contributed by atoms with Crippen molar-refractivity contribution in [1.29, 1.82) is 0 Å². The molecule has 0 saturated carbocycles. The van der Waals surface area contributed by atoms with Gasteiger partial charge in [-0.05, 0) is 50.0 Å². The second kappa shape index (κ2) is 10.3. The molecule has 1 aliphatic rings. The van der Waals surface area contributed by atoms with Crippen LogP contribution in [0.1, 0.15) is 11.1 Å². The molecule has 3 aromatic carbocycles. The molecule has 36 heavy (non-hydrogen) atoms. The number of nitrogens with one attached hydrogen (secondary N) is 3. The van der Waals surface area contributed by atoms with E-state index in [0.29, 0.717) is 34.7 Å². The molecule has 11 heteroatoms. The van der Waals surface area contributed by atoms with Crippen molar-refractivity contribution in [1.82, 2.24) is 9.62 Å². The Labute approximate surface area is 208 Å². The van der Waals surface area contributed by atoms with Crippen LogP contribution in [0.25, 0.3) is 11.3 Å². The van der Waals surface area contributed by atoms with Crippen molar-refractivity contribution in [3.8, 4) is 0 Å². The van der Waals surface area contributed by atoms with Crippen molar-refractivity contribution < 1.29 is 18.1 Å². The van der Waals surface area contributed by atoms with Crippen LogP contribution >= 0.6 is 0 Å². The topological polar surface area (TPSA) is 134 Å². The van der Waals surface area contributed by atoms with Gasteiger partial charge in [0.25, 0.3) is 11.6 Å². The molecule has 10 nitrogen and oxygen atoms in total. The number of nitro groups is 1. The van der Waals surface area contributed by atoms with Gasteiger partial charge in [0.15, 0.2) is 0 Å². The highest BCUT2D eigenvalue weighted by atomic mass is 32.2. The molecule has 3 aromatic rings. The lowest BCUT2D eigenvalue weighted by molar-refractivity contribution is -0.384. The third-order valence-corrected chi connectivity index (χ3v) is 7.03. The summed E-state index contributed by atoms with van der Waals surface area (Å²) in [4.78, 5) is 25.8. The quantitative estimate of drug-likeness (QED) is 0.230. The number of rotatable bonds is 9. The van der Waals surface area contributed by atoms with Gasteiger partial charge in [0.2, 0.25) is 10.0 Å². The molecule has 0 spiro atoms. The Morgan fingerprint density at radius 2 is 1.72 bits per heavy atom. The zero-order chi connectivity index (χ0) is 25.9. The number of hydrogen-bond donors (Lipinski definition) is 3. The number of likely N-dealkylation sites (N-methyl/N-ethyl adjacent to an activating group) is 1. The maximum absolute atomic E-state index is 13.0. The van der Waals surface area contributed by atoms with Crippen molar-refractivity contribution >= 4 is 44.3 Å². The van der Waals surface area contributed by atoms with Gasteiger partial charge in [-0.1, -0.05) is 30.3 Å². The zero-order valence-electron chi connectivity index (χ0n) is 19.7. The van der Waals surface area contributed by atoms with Crippen molar-refractivity contribution in [2.24, 2.45) is 0 Å². The lowest BCUT2D eigenvalue weighted by Gasteiger charge is -2.15. The smallest absolute Gasteiger partial charge is 0.270 e. The summed E-state index contributed by atoms with van der Waals surface area (Å²) in [7, 11) is 0.0368. The minimum absolute atomic E-state index is 0.111. The largest absolute Gasteiger partial charge is 0.354 e. The van der Waals surface area contributed by atoms with Crippen LogP contribution in [-0.2, 0) is 14.8 Å². The van der Waals surface area contributed by atoms with Gasteiger partial charge in [0.1, 0.15) is 0 Å². The molecular weight excluding hydrogens is 482 g/mol. The minimum atomic E-state index is -3.68. The van der Waals surface area contributed by atoms with Gasteiger partial charge < -0.3 is 15.5 Å². The van der Waals surface area contributed by atoms with Gasteiger partial charge in [-0.2, -0.15) is 0 Å². The maximum atomic E-state index is 13.0. The normalized spacial score (nSPS) is 14.4. The molecular formula is C25H25N5O5S. The van der Waals surface area contributed by atoms with Crippen molar-refractivity contribution in [2.45, 2.75) is 4.90 Å². The van der Waals surface area contributed by atoms with Crippen LogP contribution < -0.4 is 15.4 Å². The number of hydrogen-bond acceptors (Lipinski definition) is 7. The van der Waals surface area contributed by atoms with E-state index in [-0.39, 0.29) is 22.7 Å². The monoisotopic (exact) mass is 507 g/mol. The Balaban J connectivity index is 1.71. The molecule has 0 aliphatic carbocycles. The first-order valence-electron chi connectivity index (χ1n) is 11.1. The van der Waals surface area contributed by atoms with Gasteiger partial charge in [0.05, 0.1) is 21.1 Å². The van der Waals surface area contributed by atoms with E-state index in [9.17, 15) is 23.3 Å². The fourth-order valence-corrected chi connectivity index (χ4v) is 4.77. The summed E-state index contributed by atoms with van der Waals surface area (Å²) in [5.41, 5.74) is 2.66. The Bertz CT molecular complexity index is 1440. The van der Waals surface area contributed by atoms with Crippen molar-refractivity contribution in [3.63, 3.8) is 0 Å². The standard InChI is InChI=1S/C25H25N5O5S/c1-29(2)15-14-26-36(34,35)20-11-8-18(9-12-20)27-24(17-6-4-3-5-7-17)23-21-16-19(30(32)33)10-13-22(21)28-25(23)31/h3-13,16,26-27H,14-15H2,1-2H3,(H,28,31). The second-order valence-electron chi connectivity index (χ2n) is 8.41. The fourth-order valence-electron chi connectivity index (χ4n) is 3.75. The third-order valence-electron chi connectivity index (χ3n) is 5.56. The van der Waals surface area contributed by atoms with E-state index in [2.05, 4.69) is 15.4 Å². The number of nitrogens with zero attached hydrogens (tertiary/aromatic N) is 2. The third kappa shape index (κ3) is 5.43.